The molecule has 0 bridgehead atoms. The van der Waals surface area contributed by atoms with Crippen molar-refractivity contribution < 1.29 is 18.9 Å². The van der Waals surface area contributed by atoms with Crippen molar-refractivity contribution in [3.8, 4) is 0 Å². The Kier molecular flexibility index (Phi) is 2.15. The van der Waals surface area contributed by atoms with Gasteiger partial charge in [-0.1, -0.05) is 17.3 Å². The number of benzene rings is 1. The molecule has 60 valence electrons. The van der Waals surface area contributed by atoms with Gasteiger partial charge in [-0.25, -0.2) is 4.68 Å². The van der Waals surface area contributed by atoms with E-state index in [1.807, 2.05) is 22.9 Å². The minimum absolute atomic E-state index is 0. The van der Waals surface area contributed by atoms with Gasteiger partial charge in [0.1, 0.15) is 5.52 Å². The first kappa shape index (κ1) is 8.80. The van der Waals surface area contributed by atoms with Gasteiger partial charge in [0.15, 0.2) is 0 Å². The van der Waals surface area contributed by atoms with Crippen LogP contribution in [0.5, 0.6) is 0 Å². The first-order chi connectivity index (χ1) is 5.95. The molecule has 3 rings (SSSR count). The van der Waals surface area contributed by atoms with E-state index in [9.17, 15) is 0 Å². The molecule has 1 aromatic heterocycles. The first-order valence-electron chi connectivity index (χ1n) is 4.25. The van der Waals surface area contributed by atoms with E-state index in [-0.39, 0.29) is 18.9 Å². The fraction of sp³-hybridized carbons (Fsp3) is 0.333. The van der Waals surface area contributed by atoms with Crippen molar-refractivity contribution in [2.45, 2.75) is 18.9 Å². The van der Waals surface area contributed by atoms with Crippen LogP contribution in [-0.4, -0.2) is 15.0 Å². The fourth-order valence-corrected chi connectivity index (χ4v) is 1.48. The maximum absolute atomic E-state index is 4.12. The quantitative estimate of drug-likeness (QED) is 0.497. The summed E-state index contributed by atoms with van der Waals surface area (Å²) in [5.41, 5.74) is 2.17. The largest absolute Gasteiger partial charge is 1.00 e. The zero-order valence-electron chi connectivity index (χ0n) is 7.64. The van der Waals surface area contributed by atoms with Crippen molar-refractivity contribution in [1.82, 2.24) is 15.0 Å². The summed E-state index contributed by atoms with van der Waals surface area (Å²) < 4.78 is 2.04. The minimum Gasteiger partial charge on any atom is -0.242 e. The molecule has 0 atom stereocenters. The summed E-state index contributed by atoms with van der Waals surface area (Å²) in [7, 11) is 0. The Bertz CT molecular complexity index is 419. The fourth-order valence-electron chi connectivity index (χ4n) is 1.48. The third kappa shape index (κ3) is 1.39. The molecule has 3 nitrogen and oxygen atoms in total. The molecule has 1 aliphatic rings. The van der Waals surface area contributed by atoms with Gasteiger partial charge in [-0.2, -0.15) is 0 Å². The third-order valence-electron chi connectivity index (χ3n) is 2.27. The van der Waals surface area contributed by atoms with E-state index in [1.165, 1.54) is 18.4 Å². The molecule has 1 heterocycles. The van der Waals surface area contributed by atoms with Crippen molar-refractivity contribution in [3.63, 3.8) is 0 Å². The molecule has 0 N–H and O–H groups in total. The van der Waals surface area contributed by atoms with Crippen molar-refractivity contribution in [1.29, 1.82) is 0 Å². The van der Waals surface area contributed by atoms with Gasteiger partial charge in [-0.05, 0) is 25.0 Å². The Morgan fingerprint density at radius 1 is 1.23 bits per heavy atom. The molecule has 1 fully saturated rings. The zero-order valence-corrected chi connectivity index (χ0v) is 7.64. The van der Waals surface area contributed by atoms with Crippen LogP contribution in [-0.2, 0) is 0 Å². The average molecular weight is 166 g/mol. The maximum atomic E-state index is 4.12. The van der Waals surface area contributed by atoms with Crippen LogP contribution in [0.1, 0.15) is 18.9 Å². The summed E-state index contributed by atoms with van der Waals surface area (Å²) in [6, 6.07) is 8.73. The van der Waals surface area contributed by atoms with Gasteiger partial charge >= 0.3 is 18.9 Å². The molecule has 1 saturated carbocycles. The van der Waals surface area contributed by atoms with Gasteiger partial charge < -0.3 is 0 Å². The minimum atomic E-state index is 0. The van der Waals surface area contributed by atoms with E-state index in [4.69, 9.17) is 0 Å². The summed E-state index contributed by atoms with van der Waals surface area (Å²) in [6.45, 7) is 0. The van der Waals surface area contributed by atoms with E-state index >= 15 is 0 Å². The standard InChI is InChI=1S/C9H9N3.Li/c1-2-4-9-8(3-1)10-11-12(9)7-5-6-7;/h1-4,7H,5-6H2;/q;+1. The van der Waals surface area contributed by atoms with Crippen molar-refractivity contribution >= 4 is 11.0 Å². The molecule has 0 radical (unpaired) electrons. The number of rotatable bonds is 1. The van der Waals surface area contributed by atoms with Crippen LogP contribution in [0, 0.1) is 0 Å². The SMILES string of the molecule is [Li+].c1ccc2c(c1)nnn2C1CC1. The molecule has 0 spiro atoms. The Hall–Kier alpha value is -0.783. The number of para-hydroxylation sites is 1. The summed E-state index contributed by atoms with van der Waals surface area (Å²) >= 11 is 0. The normalized spacial score (nSPS) is 15.7. The van der Waals surface area contributed by atoms with Crippen LogP contribution in [0.25, 0.3) is 11.0 Å². The third-order valence-corrected chi connectivity index (χ3v) is 2.27. The molecular formula is C9H9LiN3+. The molecular weight excluding hydrogens is 157 g/mol. The van der Waals surface area contributed by atoms with Crippen LogP contribution in [0.2, 0.25) is 0 Å². The van der Waals surface area contributed by atoms with Crippen LogP contribution in [0.3, 0.4) is 0 Å². The van der Waals surface area contributed by atoms with Crippen molar-refractivity contribution in [3.05, 3.63) is 24.3 Å². The van der Waals surface area contributed by atoms with Gasteiger partial charge in [0.25, 0.3) is 0 Å². The van der Waals surface area contributed by atoms with Crippen LogP contribution < -0.4 is 18.9 Å². The number of nitrogens with zero attached hydrogens (tertiary/aromatic N) is 3. The van der Waals surface area contributed by atoms with Crippen LogP contribution >= 0.6 is 0 Å². The van der Waals surface area contributed by atoms with E-state index in [2.05, 4.69) is 16.4 Å². The summed E-state index contributed by atoms with van der Waals surface area (Å²) in [4.78, 5) is 0. The van der Waals surface area contributed by atoms with E-state index in [0.29, 0.717) is 6.04 Å². The molecule has 0 amide bonds. The van der Waals surface area contributed by atoms with Crippen LogP contribution in [0.4, 0.5) is 0 Å². The monoisotopic (exact) mass is 166 g/mol. The number of hydrogen-bond acceptors (Lipinski definition) is 2. The van der Waals surface area contributed by atoms with E-state index in [0.717, 1.165) is 5.52 Å². The summed E-state index contributed by atoms with van der Waals surface area (Å²) in [5, 5.41) is 8.22. The van der Waals surface area contributed by atoms with Gasteiger partial charge in [-0.15, -0.1) is 5.10 Å². The number of fused-ring (bicyclic) bond motifs is 1. The Morgan fingerprint density at radius 3 is 2.77 bits per heavy atom. The molecule has 4 heteroatoms. The molecule has 1 aliphatic carbocycles. The molecule has 2 aromatic rings. The van der Waals surface area contributed by atoms with Crippen molar-refractivity contribution in [2.24, 2.45) is 0 Å². The van der Waals surface area contributed by atoms with E-state index < -0.39 is 0 Å². The Labute approximate surface area is 88.3 Å². The smallest absolute Gasteiger partial charge is 0.242 e. The average Bonchev–Trinajstić information content (AvgIpc) is 2.86. The number of hydrogen-bond donors (Lipinski definition) is 0. The molecule has 0 unspecified atom stereocenters. The second-order valence-electron chi connectivity index (χ2n) is 3.25. The Morgan fingerprint density at radius 2 is 2.00 bits per heavy atom. The van der Waals surface area contributed by atoms with Crippen LogP contribution in [0.15, 0.2) is 24.3 Å². The Balaban J connectivity index is 0.000000653. The first-order valence-corrected chi connectivity index (χ1v) is 4.25. The second-order valence-corrected chi connectivity index (χ2v) is 3.25. The van der Waals surface area contributed by atoms with Gasteiger partial charge in [0.05, 0.1) is 11.6 Å². The maximum Gasteiger partial charge on any atom is 1.00 e. The topological polar surface area (TPSA) is 30.7 Å². The molecule has 1 aromatic carbocycles. The van der Waals surface area contributed by atoms with Gasteiger partial charge in [0, 0.05) is 0 Å². The summed E-state index contributed by atoms with van der Waals surface area (Å²) in [5.74, 6) is 0. The van der Waals surface area contributed by atoms with E-state index in [1.54, 1.807) is 0 Å². The molecule has 0 aliphatic heterocycles. The second kappa shape index (κ2) is 3.17. The van der Waals surface area contributed by atoms with Crippen molar-refractivity contribution in [2.75, 3.05) is 0 Å². The van der Waals surface area contributed by atoms with Gasteiger partial charge in [0.2, 0.25) is 0 Å². The predicted molar refractivity (Wildman–Crippen MR) is 45.8 cm³/mol. The zero-order chi connectivity index (χ0) is 7.97. The summed E-state index contributed by atoms with van der Waals surface area (Å²) in [6.07, 6.45) is 2.51. The molecule has 13 heavy (non-hydrogen) atoms. The number of aromatic nitrogens is 3. The predicted octanol–water partition coefficient (Wildman–Crippen LogP) is -1.23. The van der Waals surface area contributed by atoms with Gasteiger partial charge in [-0.3, -0.25) is 0 Å². The molecule has 0 saturated heterocycles.